The van der Waals surface area contributed by atoms with E-state index in [-0.39, 0.29) is 17.1 Å². The highest BCUT2D eigenvalue weighted by Crippen LogP contribution is 2.31. The van der Waals surface area contributed by atoms with E-state index in [0.29, 0.717) is 13.2 Å². The summed E-state index contributed by atoms with van der Waals surface area (Å²) in [6, 6.07) is 4.05. The molecule has 0 aromatic heterocycles. The first-order valence-corrected chi connectivity index (χ1v) is 8.97. The van der Waals surface area contributed by atoms with Crippen LogP contribution in [0.4, 0.5) is 0 Å². The van der Waals surface area contributed by atoms with Gasteiger partial charge in [0.05, 0.1) is 13.2 Å². The van der Waals surface area contributed by atoms with Gasteiger partial charge in [-0.1, -0.05) is 23.7 Å². The van der Waals surface area contributed by atoms with Crippen LogP contribution in [0.3, 0.4) is 0 Å². The van der Waals surface area contributed by atoms with Crippen molar-refractivity contribution in [2.75, 3.05) is 13.2 Å². The molecule has 1 aromatic rings. The predicted octanol–water partition coefficient (Wildman–Crippen LogP) is 5.29. The van der Waals surface area contributed by atoms with Gasteiger partial charge in [0.25, 0.3) is 0 Å². The van der Waals surface area contributed by atoms with Crippen LogP contribution in [-0.2, 0) is 9.47 Å². The minimum Gasteiger partial charge on any atom is -0.346 e. The molecule has 1 aromatic carbocycles. The fraction of sp³-hybridized carbons (Fsp3) is 0.524. The summed E-state index contributed by atoms with van der Waals surface area (Å²) >= 11 is 3.63. The van der Waals surface area contributed by atoms with Gasteiger partial charge in [0, 0.05) is 32.0 Å². The zero-order valence-corrected chi connectivity index (χ0v) is 16.9. The van der Waals surface area contributed by atoms with Crippen molar-refractivity contribution >= 4 is 15.9 Å². The molecule has 0 aliphatic carbocycles. The summed E-state index contributed by atoms with van der Waals surface area (Å²) in [6.07, 6.45) is -0.363. The van der Waals surface area contributed by atoms with Crippen molar-refractivity contribution in [1.82, 2.24) is 0 Å². The van der Waals surface area contributed by atoms with Crippen LogP contribution in [0.5, 0.6) is 0 Å². The molecule has 1 fully saturated rings. The Balaban J connectivity index is 2.52. The molecule has 0 amide bonds. The van der Waals surface area contributed by atoms with Gasteiger partial charge in [0.1, 0.15) is 0 Å². The van der Waals surface area contributed by atoms with E-state index in [1.807, 2.05) is 12.1 Å². The molecule has 0 spiro atoms. The molecule has 3 heteroatoms. The van der Waals surface area contributed by atoms with Crippen LogP contribution in [0.25, 0.3) is 0 Å². The zero-order chi connectivity index (χ0) is 18.0. The molecular weight excluding hydrogens is 364 g/mol. The molecule has 0 saturated carbocycles. The summed E-state index contributed by atoms with van der Waals surface area (Å²) in [5.41, 5.74) is 2.69. The summed E-state index contributed by atoms with van der Waals surface area (Å²) in [5, 5.41) is 0. The number of hydrogen-bond donors (Lipinski definition) is 0. The normalized spacial score (nSPS) is 15.5. The number of benzene rings is 1. The Labute approximate surface area is 154 Å². The molecule has 1 aliphatic rings. The topological polar surface area (TPSA) is 18.5 Å². The number of halogens is 1. The average molecular weight is 389 g/mol. The molecule has 1 saturated heterocycles. The number of hydrogen-bond acceptors (Lipinski definition) is 2. The van der Waals surface area contributed by atoms with E-state index in [1.54, 1.807) is 0 Å². The smallest absolute Gasteiger partial charge is 0.185 e. The fourth-order valence-electron chi connectivity index (χ4n) is 2.04. The quantitative estimate of drug-likeness (QED) is 0.608. The van der Waals surface area contributed by atoms with Gasteiger partial charge in [0.15, 0.2) is 6.29 Å². The van der Waals surface area contributed by atoms with Crippen molar-refractivity contribution < 1.29 is 9.47 Å². The number of ether oxygens (including phenoxy) is 2. The molecule has 0 unspecified atom stereocenters. The molecular formula is C21H25BrO2. The van der Waals surface area contributed by atoms with E-state index < -0.39 is 0 Å². The summed E-state index contributed by atoms with van der Waals surface area (Å²) in [6.45, 7) is 13.8. The van der Waals surface area contributed by atoms with Gasteiger partial charge in [-0.2, -0.15) is 0 Å². The van der Waals surface area contributed by atoms with E-state index >= 15 is 0 Å². The van der Waals surface area contributed by atoms with Gasteiger partial charge >= 0.3 is 0 Å². The largest absolute Gasteiger partial charge is 0.346 e. The van der Waals surface area contributed by atoms with Crippen LogP contribution in [0.1, 0.15) is 64.5 Å². The molecule has 2 nitrogen and oxygen atoms in total. The van der Waals surface area contributed by atoms with Crippen molar-refractivity contribution in [2.24, 2.45) is 10.8 Å². The van der Waals surface area contributed by atoms with Gasteiger partial charge in [-0.15, -0.1) is 0 Å². The Morgan fingerprint density at radius 3 is 1.88 bits per heavy atom. The van der Waals surface area contributed by atoms with Crippen molar-refractivity contribution in [3.8, 4) is 23.7 Å². The summed E-state index contributed by atoms with van der Waals surface area (Å²) in [5.74, 6) is 13.1. The van der Waals surface area contributed by atoms with Crippen LogP contribution >= 0.6 is 15.9 Å². The summed E-state index contributed by atoms with van der Waals surface area (Å²) in [4.78, 5) is 0. The first-order chi connectivity index (χ1) is 11.1. The fourth-order valence-corrected chi connectivity index (χ4v) is 2.48. The van der Waals surface area contributed by atoms with Gasteiger partial charge < -0.3 is 9.47 Å². The third-order valence-electron chi connectivity index (χ3n) is 3.16. The van der Waals surface area contributed by atoms with Crippen molar-refractivity contribution in [1.29, 1.82) is 0 Å². The van der Waals surface area contributed by atoms with E-state index in [0.717, 1.165) is 21.2 Å². The molecule has 0 radical (unpaired) electrons. The van der Waals surface area contributed by atoms with Gasteiger partial charge in [-0.05, 0) is 69.6 Å². The molecule has 128 valence electrons. The Morgan fingerprint density at radius 1 is 0.875 bits per heavy atom. The second-order valence-corrected chi connectivity index (χ2v) is 8.85. The summed E-state index contributed by atoms with van der Waals surface area (Å²) < 4.78 is 12.3. The standard InChI is InChI=1S/C21H25BrO2/c1-20(2,3)9-7-15-14-18(22)16(8-10-21(4,5)6)13-17(15)19-23-11-12-24-19/h13-14,19H,11-12H2,1-6H3. The highest BCUT2D eigenvalue weighted by atomic mass is 79.9. The molecule has 0 N–H and O–H groups in total. The Hall–Kier alpha value is -1.26. The number of rotatable bonds is 1. The maximum Gasteiger partial charge on any atom is 0.185 e. The van der Waals surface area contributed by atoms with Crippen molar-refractivity contribution in [3.05, 3.63) is 33.3 Å². The van der Waals surface area contributed by atoms with Crippen LogP contribution in [0, 0.1) is 34.5 Å². The minimum absolute atomic E-state index is 0.0509. The van der Waals surface area contributed by atoms with Crippen LogP contribution < -0.4 is 0 Å². The van der Waals surface area contributed by atoms with E-state index in [2.05, 4.69) is 81.2 Å². The van der Waals surface area contributed by atoms with Crippen LogP contribution in [-0.4, -0.2) is 13.2 Å². The zero-order valence-electron chi connectivity index (χ0n) is 15.3. The molecule has 1 aliphatic heterocycles. The Bertz CT molecular complexity index is 722. The third kappa shape index (κ3) is 5.67. The van der Waals surface area contributed by atoms with Crippen molar-refractivity contribution in [2.45, 2.75) is 47.8 Å². The first kappa shape index (κ1) is 19.1. The lowest BCUT2D eigenvalue weighted by molar-refractivity contribution is -0.0443. The molecule has 2 rings (SSSR count). The van der Waals surface area contributed by atoms with Crippen LogP contribution in [0.15, 0.2) is 16.6 Å². The SMILES string of the molecule is CC(C)(C)C#Cc1cc(C2OCCO2)c(C#CC(C)(C)C)cc1Br. The highest BCUT2D eigenvalue weighted by Gasteiger charge is 2.22. The molecule has 24 heavy (non-hydrogen) atoms. The van der Waals surface area contributed by atoms with E-state index in [1.165, 1.54) is 0 Å². The molecule has 0 atom stereocenters. The maximum atomic E-state index is 5.70. The van der Waals surface area contributed by atoms with Gasteiger partial charge in [0.2, 0.25) is 0 Å². The Kier molecular flexibility index (Phi) is 5.82. The first-order valence-electron chi connectivity index (χ1n) is 8.18. The molecule has 1 heterocycles. The summed E-state index contributed by atoms with van der Waals surface area (Å²) in [7, 11) is 0. The average Bonchev–Trinajstić information content (AvgIpc) is 2.96. The monoisotopic (exact) mass is 388 g/mol. The maximum absolute atomic E-state index is 5.70. The minimum atomic E-state index is -0.363. The van der Waals surface area contributed by atoms with Gasteiger partial charge in [-0.25, -0.2) is 0 Å². The van der Waals surface area contributed by atoms with Gasteiger partial charge in [-0.3, -0.25) is 0 Å². The lowest BCUT2D eigenvalue weighted by Gasteiger charge is -2.14. The third-order valence-corrected chi connectivity index (χ3v) is 3.82. The highest BCUT2D eigenvalue weighted by molar-refractivity contribution is 9.10. The van der Waals surface area contributed by atoms with Crippen LogP contribution in [0.2, 0.25) is 0 Å². The molecule has 0 bridgehead atoms. The lowest BCUT2D eigenvalue weighted by atomic mass is 9.95. The predicted molar refractivity (Wildman–Crippen MR) is 101 cm³/mol. The van der Waals surface area contributed by atoms with E-state index in [9.17, 15) is 0 Å². The van der Waals surface area contributed by atoms with Crippen molar-refractivity contribution in [3.63, 3.8) is 0 Å². The van der Waals surface area contributed by atoms with E-state index in [4.69, 9.17) is 9.47 Å². The second-order valence-electron chi connectivity index (χ2n) is 7.99. The second kappa shape index (κ2) is 7.32. The Morgan fingerprint density at radius 2 is 1.38 bits per heavy atom. The lowest BCUT2D eigenvalue weighted by Crippen LogP contribution is -2.04.